The van der Waals surface area contributed by atoms with Gasteiger partial charge in [-0.15, -0.1) is 23.2 Å². The number of amides is 1. The van der Waals surface area contributed by atoms with Gasteiger partial charge in [-0.1, -0.05) is 60.1 Å². The summed E-state index contributed by atoms with van der Waals surface area (Å²) in [6.45, 7) is 3.28. The largest absolute Gasteiger partial charge is 0.366 e. The average molecular weight is 473 g/mol. The summed E-state index contributed by atoms with van der Waals surface area (Å²) in [4.78, 5) is 10.4. The Morgan fingerprint density at radius 3 is 2.00 bits per heavy atom. The lowest BCUT2D eigenvalue weighted by atomic mass is 10.1. The number of carbonyl (C=O) groups excluding carboxylic acids is 1. The lowest BCUT2D eigenvalue weighted by Gasteiger charge is -2.01. The van der Waals surface area contributed by atoms with Crippen molar-refractivity contribution in [3.63, 3.8) is 0 Å². The van der Waals surface area contributed by atoms with Crippen LogP contribution in [0, 0.1) is 0 Å². The zero-order chi connectivity index (χ0) is 21.0. The molecule has 2 aromatic rings. The molecule has 5 nitrogen and oxygen atoms in total. The van der Waals surface area contributed by atoms with Gasteiger partial charge in [0.1, 0.15) is 0 Å². The quantitative estimate of drug-likeness (QED) is 0.475. The Balaban J connectivity index is 0.000000442. The summed E-state index contributed by atoms with van der Waals surface area (Å²) in [7, 11) is -4.10. The normalized spacial score (nSPS) is 9.96. The molecule has 0 aliphatic heterocycles. The summed E-state index contributed by atoms with van der Waals surface area (Å²) in [6.07, 6.45) is 0.152. The van der Waals surface area contributed by atoms with Crippen LogP contribution in [-0.2, 0) is 16.5 Å². The minimum atomic E-state index is -4.10. The number of carbonyl (C=O) groups is 1. The molecule has 0 aromatic heterocycles. The fraction of sp³-hybridized carbons (Fsp3) is 0.118. The molecule has 0 fully saturated rings. The standard InChI is InChI=1S/C9H10O3S.C7H5Cl2NO.CH2Cl2/c1-8(13(10,11)12)7-9-5-3-2-4-6-9;8-4-1-2-5(7(10)11)6(9)3-4;2-1-3/h2-6H,1,7H2,(H,10,11,12);1-3H,(H2,10,11);1H2. The number of primary amides is 1. The van der Waals surface area contributed by atoms with Crippen LogP contribution in [0.3, 0.4) is 0 Å². The number of benzene rings is 2. The number of hydrogen-bond acceptors (Lipinski definition) is 3. The predicted octanol–water partition coefficient (Wildman–Crippen LogP) is 5.14. The minimum Gasteiger partial charge on any atom is -0.366 e. The SMILES string of the molecule is C=C(Cc1ccccc1)S(=O)(=O)O.ClCCl.NC(=O)c1ccc(Cl)cc1Cl. The number of allylic oxidation sites excluding steroid dienone is 1. The summed E-state index contributed by atoms with van der Waals surface area (Å²) in [6, 6.07) is 13.5. The molecule has 10 heteroatoms. The monoisotopic (exact) mass is 471 g/mol. The number of alkyl halides is 2. The van der Waals surface area contributed by atoms with Gasteiger partial charge in [0, 0.05) is 11.4 Å². The topological polar surface area (TPSA) is 97.5 Å². The van der Waals surface area contributed by atoms with E-state index in [-0.39, 0.29) is 27.3 Å². The minimum absolute atomic E-state index is 0.152. The Hall–Kier alpha value is -1.28. The van der Waals surface area contributed by atoms with Crippen molar-refractivity contribution in [2.75, 3.05) is 5.34 Å². The van der Waals surface area contributed by atoms with Gasteiger partial charge in [-0.25, -0.2) is 0 Å². The molecule has 0 aliphatic carbocycles. The Morgan fingerprint density at radius 1 is 1.07 bits per heavy atom. The van der Waals surface area contributed by atoms with Crippen molar-refractivity contribution in [3.05, 3.63) is 81.2 Å². The highest BCUT2D eigenvalue weighted by molar-refractivity contribution is 7.89. The van der Waals surface area contributed by atoms with Crippen LogP contribution in [0.15, 0.2) is 60.0 Å². The fourth-order valence-corrected chi connectivity index (χ4v) is 2.45. The third-order valence-corrected chi connectivity index (χ3v) is 4.23. The van der Waals surface area contributed by atoms with Crippen LogP contribution in [-0.4, -0.2) is 24.2 Å². The lowest BCUT2D eigenvalue weighted by Crippen LogP contribution is -2.11. The summed E-state index contributed by atoms with van der Waals surface area (Å²) in [5.41, 5.74) is 6.10. The van der Waals surface area contributed by atoms with Gasteiger partial charge in [-0.05, 0) is 23.8 Å². The average Bonchev–Trinajstić information content (AvgIpc) is 2.56. The van der Waals surface area contributed by atoms with Gasteiger partial charge in [-0.2, -0.15) is 8.42 Å². The van der Waals surface area contributed by atoms with Gasteiger partial charge < -0.3 is 5.73 Å². The van der Waals surface area contributed by atoms with Crippen molar-refractivity contribution in [3.8, 4) is 0 Å². The van der Waals surface area contributed by atoms with Crippen LogP contribution in [0.4, 0.5) is 0 Å². The second-order valence-electron chi connectivity index (χ2n) is 4.77. The van der Waals surface area contributed by atoms with Gasteiger partial charge in [0.2, 0.25) is 5.91 Å². The number of halogens is 4. The van der Waals surface area contributed by atoms with Gasteiger partial charge in [0.15, 0.2) is 0 Å². The van der Waals surface area contributed by atoms with E-state index >= 15 is 0 Å². The highest BCUT2D eigenvalue weighted by Gasteiger charge is 2.10. The maximum absolute atomic E-state index is 10.6. The smallest absolute Gasteiger partial charge is 0.290 e. The van der Waals surface area contributed by atoms with Crippen molar-refractivity contribution in [1.29, 1.82) is 0 Å². The van der Waals surface area contributed by atoms with E-state index in [0.717, 1.165) is 5.56 Å². The third-order valence-electron chi connectivity index (χ3n) is 2.81. The molecule has 0 heterocycles. The van der Waals surface area contributed by atoms with Crippen LogP contribution in [0.2, 0.25) is 10.0 Å². The van der Waals surface area contributed by atoms with E-state index in [1.54, 1.807) is 30.3 Å². The maximum Gasteiger partial charge on any atom is 0.290 e. The summed E-state index contributed by atoms with van der Waals surface area (Å²) in [5.74, 6) is -0.549. The van der Waals surface area contributed by atoms with Gasteiger partial charge >= 0.3 is 0 Å². The molecule has 0 unspecified atom stereocenters. The van der Waals surface area contributed by atoms with E-state index in [2.05, 4.69) is 6.58 Å². The molecule has 0 spiro atoms. The third kappa shape index (κ3) is 11.2. The first-order valence-corrected chi connectivity index (χ1v) is 10.3. The first-order chi connectivity index (χ1) is 12.5. The van der Waals surface area contributed by atoms with E-state index in [1.807, 2.05) is 6.07 Å². The molecule has 0 atom stereocenters. The molecule has 2 rings (SSSR count). The Morgan fingerprint density at radius 2 is 1.59 bits per heavy atom. The second kappa shape index (κ2) is 13.0. The molecular weight excluding hydrogens is 456 g/mol. The number of rotatable bonds is 4. The molecule has 3 N–H and O–H groups in total. The highest BCUT2D eigenvalue weighted by atomic mass is 35.5. The molecule has 27 heavy (non-hydrogen) atoms. The fourth-order valence-electron chi connectivity index (χ4n) is 1.60. The first-order valence-electron chi connectivity index (χ1n) is 7.08. The zero-order valence-electron chi connectivity index (χ0n) is 13.9. The van der Waals surface area contributed by atoms with E-state index in [0.29, 0.717) is 5.02 Å². The van der Waals surface area contributed by atoms with Crippen LogP contribution < -0.4 is 5.73 Å². The van der Waals surface area contributed by atoms with Crippen LogP contribution in [0.1, 0.15) is 15.9 Å². The van der Waals surface area contributed by atoms with E-state index < -0.39 is 16.0 Å². The molecule has 0 radical (unpaired) electrons. The molecule has 0 saturated heterocycles. The van der Waals surface area contributed by atoms with Crippen LogP contribution in [0.25, 0.3) is 0 Å². The Bertz CT molecular complexity index is 858. The molecule has 148 valence electrons. The number of nitrogens with two attached hydrogens (primary N) is 1. The molecular formula is C17H17Cl4NO4S. The summed E-state index contributed by atoms with van der Waals surface area (Å²) < 4.78 is 29.8. The maximum atomic E-state index is 10.6. The molecule has 2 aromatic carbocycles. The predicted molar refractivity (Wildman–Crippen MR) is 112 cm³/mol. The van der Waals surface area contributed by atoms with E-state index in [9.17, 15) is 13.2 Å². The highest BCUT2D eigenvalue weighted by Crippen LogP contribution is 2.20. The van der Waals surface area contributed by atoms with Crippen LogP contribution in [0.5, 0.6) is 0 Å². The van der Waals surface area contributed by atoms with E-state index in [1.165, 1.54) is 12.1 Å². The van der Waals surface area contributed by atoms with Crippen molar-refractivity contribution >= 4 is 62.4 Å². The van der Waals surface area contributed by atoms with Gasteiger partial charge in [0.05, 0.1) is 20.8 Å². The van der Waals surface area contributed by atoms with Gasteiger partial charge in [0.25, 0.3) is 10.1 Å². The van der Waals surface area contributed by atoms with Crippen molar-refractivity contribution in [2.45, 2.75) is 6.42 Å². The van der Waals surface area contributed by atoms with E-state index in [4.69, 9.17) is 56.7 Å². The van der Waals surface area contributed by atoms with Gasteiger partial charge in [-0.3, -0.25) is 9.35 Å². The van der Waals surface area contributed by atoms with Crippen molar-refractivity contribution in [1.82, 2.24) is 0 Å². The summed E-state index contributed by atoms with van der Waals surface area (Å²) >= 11 is 20.8. The molecule has 0 aliphatic rings. The Kier molecular flexibility index (Phi) is 12.4. The molecule has 0 saturated carbocycles. The van der Waals surface area contributed by atoms with Crippen LogP contribution >= 0.6 is 46.4 Å². The molecule has 1 amide bonds. The van der Waals surface area contributed by atoms with Crippen molar-refractivity contribution < 1.29 is 17.8 Å². The van der Waals surface area contributed by atoms with Crippen molar-refractivity contribution in [2.24, 2.45) is 5.73 Å². The summed E-state index contributed by atoms with van der Waals surface area (Å²) in [5, 5.41) is 0.963. The number of hydrogen-bond donors (Lipinski definition) is 2. The molecule has 0 bridgehead atoms. The Labute approximate surface area is 178 Å². The second-order valence-corrected chi connectivity index (χ2v) is 7.94. The lowest BCUT2D eigenvalue weighted by molar-refractivity contribution is 0.100. The first kappa shape index (κ1) is 25.7. The zero-order valence-corrected chi connectivity index (χ0v) is 17.7.